The Balaban J connectivity index is 1.46. The van der Waals surface area contributed by atoms with Crippen molar-refractivity contribution < 1.29 is 0 Å². The third-order valence-electron chi connectivity index (χ3n) is 4.43. The molecule has 0 radical (unpaired) electrons. The number of H-pyrrole nitrogens is 1. The second kappa shape index (κ2) is 5.78. The van der Waals surface area contributed by atoms with Crippen molar-refractivity contribution in [2.45, 2.75) is 13.1 Å². The number of nitrogens with zero attached hydrogens (tertiary/aromatic N) is 6. The lowest BCUT2D eigenvalue weighted by molar-refractivity contribution is 0.639. The van der Waals surface area contributed by atoms with Crippen molar-refractivity contribution >= 4 is 16.4 Å². The molecule has 128 valence electrons. The van der Waals surface area contributed by atoms with E-state index in [1.54, 1.807) is 11.0 Å². The maximum absolute atomic E-state index is 5.68. The van der Waals surface area contributed by atoms with Gasteiger partial charge in [0, 0.05) is 41.1 Å². The fourth-order valence-corrected chi connectivity index (χ4v) is 3.16. The molecule has 5 aromatic heterocycles. The molecule has 0 aliphatic heterocycles. The van der Waals surface area contributed by atoms with Crippen LogP contribution in [0.3, 0.4) is 0 Å². The van der Waals surface area contributed by atoms with Crippen LogP contribution in [0.1, 0.15) is 11.4 Å². The van der Waals surface area contributed by atoms with Gasteiger partial charge in [0.05, 0.1) is 36.5 Å². The summed E-state index contributed by atoms with van der Waals surface area (Å²) in [7, 11) is 0. The van der Waals surface area contributed by atoms with Gasteiger partial charge in [-0.05, 0) is 24.3 Å². The van der Waals surface area contributed by atoms with E-state index in [1.165, 1.54) is 0 Å². The average Bonchev–Trinajstić information content (AvgIpc) is 3.39. The van der Waals surface area contributed by atoms with Gasteiger partial charge in [-0.1, -0.05) is 5.21 Å². The maximum Gasteiger partial charge on any atom is 0.115 e. The normalized spacial score (nSPS) is 11.6. The molecule has 0 unspecified atom stereocenters. The molecule has 0 saturated carbocycles. The molecule has 3 N–H and O–H groups in total. The van der Waals surface area contributed by atoms with Crippen molar-refractivity contribution in [2.24, 2.45) is 5.73 Å². The summed E-state index contributed by atoms with van der Waals surface area (Å²) in [4.78, 5) is 12.0. The molecule has 8 heteroatoms. The van der Waals surface area contributed by atoms with Crippen LogP contribution in [-0.2, 0) is 13.1 Å². The lowest BCUT2D eigenvalue weighted by Gasteiger charge is -2.01. The number of imidazole rings is 1. The quantitative estimate of drug-likeness (QED) is 0.519. The Kier molecular flexibility index (Phi) is 3.29. The van der Waals surface area contributed by atoms with E-state index in [0.29, 0.717) is 13.1 Å². The lowest BCUT2D eigenvalue weighted by Crippen LogP contribution is -2.02. The highest BCUT2D eigenvalue weighted by Gasteiger charge is 2.10. The van der Waals surface area contributed by atoms with Gasteiger partial charge in [-0.3, -0.25) is 4.98 Å². The maximum atomic E-state index is 5.68. The van der Waals surface area contributed by atoms with E-state index in [0.717, 1.165) is 39.1 Å². The Morgan fingerprint density at radius 3 is 3.08 bits per heavy atom. The number of aromatic nitrogens is 7. The summed E-state index contributed by atoms with van der Waals surface area (Å²) < 4.78 is 3.75. The summed E-state index contributed by atoms with van der Waals surface area (Å²) in [5.74, 6) is 0. The summed E-state index contributed by atoms with van der Waals surface area (Å²) >= 11 is 0. The number of hydrogen-bond acceptors (Lipinski definition) is 5. The van der Waals surface area contributed by atoms with Crippen LogP contribution in [0.15, 0.2) is 55.4 Å². The van der Waals surface area contributed by atoms with Crippen molar-refractivity contribution in [3.8, 4) is 11.3 Å². The zero-order valence-corrected chi connectivity index (χ0v) is 13.9. The Bertz CT molecular complexity index is 1210. The van der Waals surface area contributed by atoms with E-state index in [-0.39, 0.29) is 0 Å². The first-order valence-electron chi connectivity index (χ1n) is 8.28. The van der Waals surface area contributed by atoms with Crippen molar-refractivity contribution in [1.82, 2.24) is 34.3 Å². The highest BCUT2D eigenvalue weighted by Crippen LogP contribution is 2.22. The zero-order valence-electron chi connectivity index (χ0n) is 13.9. The smallest absolute Gasteiger partial charge is 0.115 e. The van der Waals surface area contributed by atoms with Crippen molar-refractivity contribution in [3.05, 3.63) is 66.8 Å². The number of pyridine rings is 2. The molecule has 0 aromatic carbocycles. The largest absolute Gasteiger partial charge is 0.357 e. The lowest BCUT2D eigenvalue weighted by atomic mass is 10.2. The van der Waals surface area contributed by atoms with Crippen LogP contribution in [0.5, 0.6) is 0 Å². The Morgan fingerprint density at radius 2 is 2.15 bits per heavy atom. The standard InChI is InChI=1S/C18H16N8/c19-6-13-4-12-7-21-14(5-16(12)22-13)9-26-10-17(23-24-26)15-2-1-3-25-11-20-8-18(15)25/h1-5,7-8,10-11,22H,6,9,19H2. The number of aromatic amines is 1. The Hall–Kier alpha value is -3.52. The molecular formula is C18H16N8. The molecule has 0 spiro atoms. The van der Waals surface area contributed by atoms with Gasteiger partial charge in [0.15, 0.2) is 0 Å². The molecule has 0 atom stereocenters. The highest BCUT2D eigenvalue weighted by molar-refractivity contribution is 5.80. The molecule has 0 saturated heterocycles. The van der Waals surface area contributed by atoms with E-state index in [1.807, 2.05) is 53.5 Å². The van der Waals surface area contributed by atoms with Crippen molar-refractivity contribution in [2.75, 3.05) is 0 Å². The molecule has 0 aliphatic rings. The van der Waals surface area contributed by atoms with Crippen molar-refractivity contribution in [1.29, 1.82) is 0 Å². The molecule has 0 amide bonds. The van der Waals surface area contributed by atoms with E-state index in [4.69, 9.17) is 5.73 Å². The SMILES string of the molecule is NCc1cc2cnc(Cn3cc(-c4cccn5cncc45)nn3)cc2[nH]1. The number of nitrogens with one attached hydrogen (secondary N) is 1. The van der Waals surface area contributed by atoms with Gasteiger partial charge in [0.1, 0.15) is 5.69 Å². The summed E-state index contributed by atoms with van der Waals surface area (Å²) in [6.45, 7) is 1.03. The van der Waals surface area contributed by atoms with Gasteiger partial charge >= 0.3 is 0 Å². The third kappa shape index (κ3) is 2.44. The van der Waals surface area contributed by atoms with Crippen LogP contribution >= 0.6 is 0 Å². The van der Waals surface area contributed by atoms with Crippen LogP contribution in [0, 0.1) is 0 Å². The van der Waals surface area contributed by atoms with Gasteiger partial charge in [-0.2, -0.15) is 0 Å². The van der Waals surface area contributed by atoms with Crippen LogP contribution in [0.2, 0.25) is 0 Å². The average molecular weight is 344 g/mol. The van der Waals surface area contributed by atoms with Crippen LogP contribution in [0.4, 0.5) is 0 Å². The summed E-state index contributed by atoms with van der Waals surface area (Å²) in [5.41, 5.74) is 11.4. The van der Waals surface area contributed by atoms with Gasteiger partial charge < -0.3 is 15.1 Å². The Morgan fingerprint density at radius 1 is 1.19 bits per heavy atom. The minimum absolute atomic E-state index is 0.483. The van der Waals surface area contributed by atoms with Gasteiger partial charge in [0.2, 0.25) is 0 Å². The molecule has 5 aromatic rings. The van der Waals surface area contributed by atoms with Crippen LogP contribution < -0.4 is 5.73 Å². The van der Waals surface area contributed by atoms with Crippen molar-refractivity contribution in [3.63, 3.8) is 0 Å². The first kappa shape index (κ1) is 14.8. The van der Waals surface area contributed by atoms with E-state index < -0.39 is 0 Å². The molecule has 0 fully saturated rings. The molecule has 8 nitrogen and oxygen atoms in total. The van der Waals surface area contributed by atoms with E-state index in [2.05, 4.69) is 25.3 Å². The van der Waals surface area contributed by atoms with Gasteiger partial charge in [0.25, 0.3) is 0 Å². The molecule has 5 rings (SSSR count). The fraction of sp³-hybridized carbons (Fsp3) is 0.111. The Labute approximate surface area is 148 Å². The number of nitrogens with two attached hydrogens (primary N) is 1. The summed E-state index contributed by atoms with van der Waals surface area (Å²) in [6, 6.07) is 8.03. The van der Waals surface area contributed by atoms with Crippen LogP contribution in [0.25, 0.3) is 27.7 Å². The monoisotopic (exact) mass is 344 g/mol. The van der Waals surface area contributed by atoms with Gasteiger partial charge in [-0.25, -0.2) is 9.67 Å². The predicted octanol–water partition coefficient (Wildman–Crippen LogP) is 1.98. The number of hydrogen-bond donors (Lipinski definition) is 2. The fourth-order valence-electron chi connectivity index (χ4n) is 3.16. The molecule has 5 heterocycles. The highest BCUT2D eigenvalue weighted by atomic mass is 15.4. The first-order chi connectivity index (χ1) is 12.8. The molecular weight excluding hydrogens is 328 g/mol. The number of rotatable bonds is 4. The first-order valence-corrected chi connectivity index (χ1v) is 8.28. The second-order valence-electron chi connectivity index (χ2n) is 6.17. The molecule has 0 bridgehead atoms. The van der Waals surface area contributed by atoms with Crippen LogP contribution in [-0.4, -0.2) is 34.3 Å². The topological polar surface area (TPSA) is 103 Å². The number of fused-ring (bicyclic) bond motifs is 2. The predicted molar refractivity (Wildman–Crippen MR) is 97.3 cm³/mol. The van der Waals surface area contributed by atoms with Gasteiger partial charge in [-0.15, -0.1) is 5.10 Å². The van der Waals surface area contributed by atoms with E-state index in [9.17, 15) is 0 Å². The zero-order chi connectivity index (χ0) is 17.5. The minimum Gasteiger partial charge on any atom is -0.357 e. The minimum atomic E-state index is 0.483. The third-order valence-corrected chi connectivity index (χ3v) is 4.43. The second-order valence-corrected chi connectivity index (χ2v) is 6.17. The summed E-state index contributed by atoms with van der Waals surface area (Å²) in [5, 5.41) is 9.62. The summed E-state index contributed by atoms with van der Waals surface area (Å²) in [6.07, 6.45) is 9.33. The van der Waals surface area contributed by atoms with E-state index >= 15 is 0 Å². The molecule has 26 heavy (non-hydrogen) atoms. The molecule has 0 aliphatic carbocycles.